The van der Waals surface area contributed by atoms with Gasteiger partial charge in [-0.15, -0.1) is 0 Å². The maximum Gasteiger partial charge on any atom is 0.342 e. The number of rotatable bonds is 3. The fourth-order valence-corrected chi connectivity index (χ4v) is 2.88. The topological polar surface area (TPSA) is 0 Å². The van der Waals surface area contributed by atoms with Gasteiger partial charge < -0.3 is 0 Å². The number of hydrogen-bond acceptors (Lipinski definition) is 0. The van der Waals surface area contributed by atoms with Crippen molar-refractivity contribution in [3.05, 3.63) is 65.0 Å². The van der Waals surface area contributed by atoms with Crippen molar-refractivity contribution in [1.82, 2.24) is 0 Å². The minimum atomic E-state index is -4.56. The van der Waals surface area contributed by atoms with E-state index < -0.39 is 23.2 Å². The second-order valence-corrected chi connectivity index (χ2v) is 5.90. The summed E-state index contributed by atoms with van der Waals surface area (Å²) in [6.07, 6.45) is 2.87. The third-order valence-electron chi connectivity index (χ3n) is 4.15. The van der Waals surface area contributed by atoms with Gasteiger partial charge in [0.05, 0.1) is 5.56 Å². The summed E-state index contributed by atoms with van der Waals surface area (Å²) in [6, 6.07) is 9.50. The average molecular weight is 338 g/mol. The van der Waals surface area contributed by atoms with E-state index in [9.17, 15) is 22.0 Å². The molecule has 24 heavy (non-hydrogen) atoms. The van der Waals surface area contributed by atoms with E-state index in [4.69, 9.17) is 0 Å². The molecule has 1 aliphatic rings. The molecule has 0 aromatic heterocycles. The molecule has 1 aliphatic carbocycles. The maximum absolute atomic E-state index is 14.2. The molecule has 0 N–H and O–H groups in total. The summed E-state index contributed by atoms with van der Waals surface area (Å²) < 4.78 is 68.7. The second-order valence-electron chi connectivity index (χ2n) is 5.90. The molecule has 0 spiro atoms. The van der Waals surface area contributed by atoms with Crippen LogP contribution in [0.1, 0.15) is 30.0 Å². The molecule has 0 amide bonds. The summed E-state index contributed by atoms with van der Waals surface area (Å²) in [5, 5.41) is 0. The van der Waals surface area contributed by atoms with Crippen LogP contribution in [0.5, 0.6) is 0 Å². The first-order chi connectivity index (χ1) is 11.3. The lowest BCUT2D eigenvalue weighted by Gasteiger charge is -2.29. The molecule has 0 heterocycles. The number of fused-ring (bicyclic) bond motifs is 1. The van der Waals surface area contributed by atoms with Crippen LogP contribution in [0.3, 0.4) is 0 Å². The zero-order valence-electron chi connectivity index (χ0n) is 12.9. The van der Waals surface area contributed by atoms with Gasteiger partial charge in [-0.1, -0.05) is 43.7 Å². The van der Waals surface area contributed by atoms with Gasteiger partial charge in [-0.3, -0.25) is 0 Å². The zero-order chi connectivity index (χ0) is 17.5. The van der Waals surface area contributed by atoms with Crippen LogP contribution < -0.4 is 0 Å². The predicted octanol–water partition coefficient (Wildman–Crippen LogP) is 6.20. The van der Waals surface area contributed by atoms with Crippen LogP contribution >= 0.6 is 0 Å². The lowest BCUT2D eigenvalue weighted by atomic mass is 9.88. The van der Waals surface area contributed by atoms with E-state index in [1.807, 2.05) is 12.1 Å². The number of alkyl halides is 4. The Balaban J connectivity index is 2.07. The van der Waals surface area contributed by atoms with E-state index in [0.717, 1.165) is 30.5 Å². The quantitative estimate of drug-likeness (QED) is 0.585. The Kier molecular flexibility index (Phi) is 3.98. The van der Waals surface area contributed by atoms with Crippen LogP contribution in [0.15, 0.2) is 42.5 Å². The Morgan fingerprint density at radius 1 is 0.917 bits per heavy atom. The van der Waals surface area contributed by atoms with Crippen molar-refractivity contribution in [3.63, 3.8) is 0 Å². The first kappa shape index (κ1) is 16.7. The average Bonchev–Trinajstić information content (AvgIpc) is 2.52. The van der Waals surface area contributed by atoms with Crippen LogP contribution in [0.4, 0.5) is 22.0 Å². The Morgan fingerprint density at radius 3 is 2.21 bits per heavy atom. The van der Waals surface area contributed by atoms with Gasteiger partial charge in [-0.25, -0.2) is 4.39 Å². The lowest BCUT2D eigenvalue weighted by molar-refractivity contribution is -0.189. The highest BCUT2D eigenvalue weighted by molar-refractivity contribution is 5.71. The van der Waals surface area contributed by atoms with Gasteiger partial charge >= 0.3 is 11.8 Å². The van der Waals surface area contributed by atoms with Crippen LogP contribution in [0.2, 0.25) is 0 Å². The summed E-state index contributed by atoms with van der Waals surface area (Å²) in [5.74, 6) is -10.3. The smallest absolute Gasteiger partial charge is 0.206 e. The molecule has 2 aromatic rings. The van der Waals surface area contributed by atoms with E-state index in [1.54, 1.807) is 12.1 Å². The minimum absolute atomic E-state index is 0.128. The summed E-state index contributed by atoms with van der Waals surface area (Å²) in [6.45, 7) is 2.05. The summed E-state index contributed by atoms with van der Waals surface area (Å²) in [7, 11) is 0. The zero-order valence-corrected chi connectivity index (χ0v) is 12.9. The van der Waals surface area contributed by atoms with Crippen molar-refractivity contribution in [1.29, 1.82) is 0 Å². The monoisotopic (exact) mass is 338 g/mol. The molecule has 0 saturated heterocycles. The van der Waals surface area contributed by atoms with Gasteiger partial charge in [-0.2, -0.15) is 17.6 Å². The SMILES string of the molecule is CCCc1ccc(-c2cc(F)c3c(c2)C=CC(F)(F)C3(F)F)cc1. The van der Waals surface area contributed by atoms with Gasteiger partial charge in [0, 0.05) is 0 Å². The van der Waals surface area contributed by atoms with Gasteiger partial charge in [0.2, 0.25) is 0 Å². The van der Waals surface area contributed by atoms with Crippen molar-refractivity contribution in [2.24, 2.45) is 0 Å². The predicted molar refractivity (Wildman–Crippen MR) is 83.7 cm³/mol. The van der Waals surface area contributed by atoms with E-state index in [-0.39, 0.29) is 11.6 Å². The van der Waals surface area contributed by atoms with Gasteiger partial charge in [0.15, 0.2) is 0 Å². The number of benzene rings is 2. The molecule has 2 aromatic carbocycles. The van der Waals surface area contributed by atoms with Gasteiger partial charge in [-0.05, 0) is 46.9 Å². The van der Waals surface area contributed by atoms with Crippen LogP contribution in [0.25, 0.3) is 17.2 Å². The molecule has 5 heteroatoms. The molecular formula is C19H15F5. The summed E-state index contributed by atoms with van der Waals surface area (Å²) in [4.78, 5) is 0. The van der Waals surface area contributed by atoms with Gasteiger partial charge in [0.1, 0.15) is 5.82 Å². The van der Waals surface area contributed by atoms with Crippen molar-refractivity contribution in [3.8, 4) is 11.1 Å². The van der Waals surface area contributed by atoms with Crippen molar-refractivity contribution in [2.75, 3.05) is 0 Å². The molecule has 0 nitrogen and oxygen atoms in total. The van der Waals surface area contributed by atoms with E-state index >= 15 is 0 Å². The van der Waals surface area contributed by atoms with Crippen molar-refractivity contribution in [2.45, 2.75) is 31.6 Å². The van der Waals surface area contributed by atoms with Gasteiger partial charge in [0.25, 0.3) is 0 Å². The number of hydrogen-bond donors (Lipinski definition) is 0. The molecule has 126 valence electrons. The highest BCUT2D eigenvalue weighted by Gasteiger charge is 2.59. The Hall–Kier alpha value is -2.17. The molecule has 0 aliphatic heterocycles. The molecular weight excluding hydrogens is 323 g/mol. The first-order valence-electron chi connectivity index (χ1n) is 7.64. The molecule has 0 bridgehead atoms. The Bertz CT molecular complexity index is 788. The van der Waals surface area contributed by atoms with E-state index in [0.29, 0.717) is 11.1 Å². The molecule has 0 fully saturated rings. The molecule has 0 atom stereocenters. The Morgan fingerprint density at radius 2 is 1.58 bits per heavy atom. The Labute approximate surface area is 136 Å². The number of allylic oxidation sites excluding steroid dienone is 1. The largest absolute Gasteiger partial charge is 0.342 e. The molecule has 0 saturated carbocycles. The first-order valence-corrected chi connectivity index (χ1v) is 7.64. The summed E-state index contributed by atoms with van der Waals surface area (Å²) >= 11 is 0. The molecule has 3 rings (SSSR count). The van der Waals surface area contributed by atoms with E-state index in [1.165, 1.54) is 6.07 Å². The maximum atomic E-state index is 14.2. The standard InChI is InChI=1S/C19H15F5/c1-2-3-12-4-6-13(7-5-12)15-10-14-8-9-18(21,22)19(23,24)17(14)16(20)11-15/h4-11H,2-3H2,1H3. The second kappa shape index (κ2) is 5.72. The van der Waals surface area contributed by atoms with Crippen molar-refractivity contribution >= 4 is 6.08 Å². The van der Waals surface area contributed by atoms with Crippen molar-refractivity contribution < 1.29 is 22.0 Å². The normalized spacial score (nSPS) is 17.6. The molecule has 0 unspecified atom stereocenters. The lowest BCUT2D eigenvalue weighted by Crippen LogP contribution is -2.39. The third kappa shape index (κ3) is 2.62. The number of aryl methyl sites for hydroxylation is 1. The summed E-state index contributed by atoms with van der Waals surface area (Å²) in [5.41, 5.74) is 0.663. The minimum Gasteiger partial charge on any atom is -0.206 e. The highest BCUT2D eigenvalue weighted by Crippen LogP contribution is 2.50. The fraction of sp³-hybridized carbons (Fsp3) is 0.263. The third-order valence-corrected chi connectivity index (χ3v) is 4.15. The highest BCUT2D eigenvalue weighted by atomic mass is 19.3. The molecule has 0 radical (unpaired) electrons. The van der Waals surface area contributed by atoms with Crippen LogP contribution in [-0.4, -0.2) is 5.92 Å². The fourth-order valence-electron chi connectivity index (χ4n) is 2.88. The number of halogens is 5. The van der Waals surface area contributed by atoms with Crippen LogP contribution in [-0.2, 0) is 12.3 Å². The van der Waals surface area contributed by atoms with Crippen LogP contribution in [0, 0.1) is 5.82 Å². The van der Waals surface area contributed by atoms with E-state index in [2.05, 4.69) is 6.92 Å².